The van der Waals surface area contributed by atoms with Crippen molar-refractivity contribution in [3.63, 3.8) is 0 Å². The zero-order valence-electron chi connectivity index (χ0n) is 16.9. The first-order valence-corrected chi connectivity index (χ1v) is 10.5. The van der Waals surface area contributed by atoms with E-state index in [-0.39, 0.29) is 17.5 Å². The molecule has 156 valence electrons. The Bertz CT molecular complexity index is 1220. The smallest absolute Gasteiger partial charge is 0.258 e. The molecular weight excluding hydrogens is 415 g/mol. The molecule has 0 radical (unpaired) electrons. The maximum Gasteiger partial charge on any atom is 0.258 e. The van der Waals surface area contributed by atoms with Crippen LogP contribution in [0.3, 0.4) is 0 Å². The van der Waals surface area contributed by atoms with E-state index in [0.29, 0.717) is 28.0 Å². The van der Waals surface area contributed by atoms with Crippen molar-refractivity contribution in [3.8, 4) is 22.8 Å². The predicted octanol–water partition coefficient (Wildman–Crippen LogP) is 5.29. The average molecular weight is 434 g/mol. The van der Waals surface area contributed by atoms with Crippen molar-refractivity contribution < 1.29 is 13.7 Å². The summed E-state index contributed by atoms with van der Waals surface area (Å²) in [6, 6.07) is 15.7. The highest BCUT2D eigenvalue weighted by Gasteiger charge is 2.13. The number of nitrogens with one attached hydrogen (secondary N) is 1. The molecule has 6 nitrogen and oxygen atoms in total. The standard InChI is InChI=1S/C23H19FN4O2S/c1-14-3-5-16(6-4-14)22-27-23(30-28-22)17-9-10-25-21(12-17)31-13-20(29)26-19-8-7-18(24)11-15(19)2/h3-12H,13H2,1-2H3,(H,26,29). The summed E-state index contributed by atoms with van der Waals surface area (Å²) in [5.74, 6) is 0.510. The van der Waals surface area contributed by atoms with Crippen molar-refractivity contribution in [2.24, 2.45) is 0 Å². The zero-order valence-corrected chi connectivity index (χ0v) is 17.7. The Morgan fingerprint density at radius 3 is 2.65 bits per heavy atom. The lowest BCUT2D eigenvalue weighted by molar-refractivity contribution is -0.113. The van der Waals surface area contributed by atoms with Gasteiger partial charge in [0.25, 0.3) is 5.89 Å². The number of aromatic nitrogens is 3. The van der Waals surface area contributed by atoms with Crippen molar-refractivity contribution in [1.29, 1.82) is 0 Å². The van der Waals surface area contributed by atoms with Crippen molar-refractivity contribution in [2.45, 2.75) is 18.9 Å². The van der Waals surface area contributed by atoms with Gasteiger partial charge in [0.05, 0.1) is 10.8 Å². The fraction of sp³-hybridized carbons (Fsp3) is 0.130. The van der Waals surface area contributed by atoms with Gasteiger partial charge >= 0.3 is 0 Å². The van der Waals surface area contributed by atoms with Gasteiger partial charge in [-0.05, 0) is 49.7 Å². The number of hydrogen-bond donors (Lipinski definition) is 1. The van der Waals surface area contributed by atoms with Crippen LogP contribution < -0.4 is 5.32 Å². The highest BCUT2D eigenvalue weighted by molar-refractivity contribution is 7.99. The van der Waals surface area contributed by atoms with E-state index in [1.165, 1.54) is 23.9 Å². The van der Waals surface area contributed by atoms with Crippen molar-refractivity contribution in [1.82, 2.24) is 15.1 Å². The molecular formula is C23H19FN4O2S. The van der Waals surface area contributed by atoms with Gasteiger partial charge in [0, 0.05) is 23.0 Å². The van der Waals surface area contributed by atoms with Gasteiger partial charge in [-0.2, -0.15) is 4.98 Å². The van der Waals surface area contributed by atoms with Gasteiger partial charge < -0.3 is 9.84 Å². The number of carbonyl (C=O) groups excluding carboxylic acids is 1. The molecule has 1 N–H and O–H groups in total. The van der Waals surface area contributed by atoms with Crippen LogP contribution in [0.25, 0.3) is 22.8 Å². The molecule has 0 aliphatic rings. The molecule has 2 heterocycles. The number of nitrogens with zero attached hydrogens (tertiary/aromatic N) is 3. The van der Waals surface area contributed by atoms with E-state index >= 15 is 0 Å². The largest absolute Gasteiger partial charge is 0.334 e. The maximum atomic E-state index is 13.2. The Hall–Kier alpha value is -3.52. The lowest BCUT2D eigenvalue weighted by Gasteiger charge is -2.08. The molecule has 2 aromatic carbocycles. The Morgan fingerprint density at radius 1 is 1.06 bits per heavy atom. The van der Waals surface area contributed by atoms with Crippen LogP contribution in [0.5, 0.6) is 0 Å². The zero-order chi connectivity index (χ0) is 21.8. The van der Waals surface area contributed by atoms with E-state index in [2.05, 4.69) is 20.4 Å². The minimum Gasteiger partial charge on any atom is -0.334 e. The minimum atomic E-state index is -0.336. The van der Waals surface area contributed by atoms with E-state index in [4.69, 9.17) is 4.52 Å². The number of pyridine rings is 1. The molecule has 0 bridgehead atoms. The Balaban J connectivity index is 1.41. The van der Waals surface area contributed by atoms with Crippen LogP contribution in [0.15, 0.2) is 70.3 Å². The number of anilines is 1. The third-order valence-corrected chi connectivity index (χ3v) is 5.46. The van der Waals surface area contributed by atoms with Gasteiger partial charge in [-0.15, -0.1) is 0 Å². The van der Waals surface area contributed by atoms with Gasteiger partial charge in [0.2, 0.25) is 11.7 Å². The van der Waals surface area contributed by atoms with Crippen LogP contribution in [-0.4, -0.2) is 26.8 Å². The summed E-state index contributed by atoms with van der Waals surface area (Å²) in [5.41, 5.74) is 4.00. The van der Waals surface area contributed by atoms with Crippen molar-refractivity contribution in [3.05, 3.63) is 77.7 Å². The SMILES string of the molecule is Cc1ccc(-c2noc(-c3ccnc(SCC(=O)Nc4ccc(F)cc4C)c3)n2)cc1. The number of halogens is 1. The summed E-state index contributed by atoms with van der Waals surface area (Å²) in [7, 11) is 0. The number of thioether (sulfide) groups is 1. The predicted molar refractivity (Wildman–Crippen MR) is 118 cm³/mol. The monoisotopic (exact) mass is 434 g/mol. The molecule has 4 aromatic rings. The highest BCUT2D eigenvalue weighted by atomic mass is 32.2. The molecule has 31 heavy (non-hydrogen) atoms. The molecule has 2 aromatic heterocycles. The minimum absolute atomic E-state index is 0.158. The first-order chi connectivity index (χ1) is 15.0. The average Bonchev–Trinajstić information content (AvgIpc) is 3.25. The third-order valence-electron chi connectivity index (χ3n) is 4.53. The molecule has 4 rings (SSSR count). The molecule has 0 saturated heterocycles. The number of aryl methyl sites for hydroxylation is 2. The van der Waals surface area contributed by atoms with Crippen molar-refractivity contribution in [2.75, 3.05) is 11.1 Å². The molecule has 0 fully saturated rings. The summed E-state index contributed by atoms with van der Waals surface area (Å²) in [5, 5.41) is 7.49. The quantitative estimate of drug-likeness (QED) is 0.416. The van der Waals surface area contributed by atoms with E-state index in [0.717, 1.165) is 16.7 Å². The van der Waals surface area contributed by atoms with E-state index < -0.39 is 0 Å². The van der Waals surface area contributed by atoms with Crippen LogP contribution in [0.4, 0.5) is 10.1 Å². The Kier molecular flexibility index (Phi) is 6.08. The number of carbonyl (C=O) groups is 1. The Labute approximate surface area is 182 Å². The topological polar surface area (TPSA) is 80.9 Å². The molecule has 0 aliphatic heterocycles. The van der Waals surface area contributed by atoms with Gasteiger partial charge in [-0.1, -0.05) is 46.7 Å². The Morgan fingerprint density at radius 2 is 1.87 bits per heavy atom. The third kappa shape index (κ3) is 5.16. The summed E-state index contributed by atoms with van der Waals surface area (Å²) in [6.07, 6.45) is 1.63. The van der Waals surface area contributed by atoms with Gasteiger partial charge in [0.1, 0.15) is 5.82 Å². The summed E-state index contributed by atoms with van der Waals surface area (Å²) >= 11 is 1.28. The van der Waals surface area contributed by atoms with Gasteiger partial charge in [0.15, 0.2) is 0 Å². The summed E-state index contributed by atoms with van der Waals surface area (Å²) in [6.45, 7) is 3.76. The molecule has 1 amide bonds. The van der Waals surface area contributed by atoms with Gasteiger partial charge in [-0.25, -0.2) is 9.37 Å². The lowest BCUT2D eigenvalue weighted by Crippen LogP contribution is -2.15. The number of hydrogen-bond acceptors (Lipinski definition) is 6. The van der Waals surface area contributed by atoms with E-state index in [9.17, 15) is 9.18 Å². The van der Waals surface area contributed by atoms with Crippen molar-refractivity contribution >= 4 is 23.4 Å². The van der Waals surface area contributed by atoms with Crippen LogP contribution in [0.2, 0.25) is 0 Å². The van der Waals surface area contributed by atoms with Crippen LogP contribution >= 0.6 is 11.8 Å². The molecule has 0 aliphatic carbocycles. The number of amides is 1. The number of rotatable bonds is 6. The van der Waals surface area contributed by atoms with Crippen LogP contribution in [0, 0.1) is 19.7 Å². The summed E-state index contributed by atoms with van der Waals surface area (Å²) in [4.78, 5) is 21.0. The molecule has 0 saturated carbocycles. The fourth-order valence-electron chi connectivity index (χ4n) is 2.88. The first-order valence-electron chi connectivity index (χ1n) is 9.54. The second kappa shape index (κ2) is 9.09. The molecule has 0 spiro atoms. The number of benzene rings is 2. The van der Waals surface area contributed by atoms with Gasteiger partial charge in [-0.3, -0.25) is 4.79 Å². The second-order valence-corrected chi connectivity index (χ2v) is 7.96. The van der Waals surface area contributed by atoms with E-state index in [1.54, 1.807) is 31.3 Å². The second-order valence-electron chi connectivity index (χ2n) is 6.97. The van der Waals surface area contributed by atoms with Crippen LogP contribution in [-0.2, 0) is 4.79 Å². The lowest BCUT2D eigenvalue weighted by atomic mass is 10.1. The highest BCUT2D eigenvalue weighted by Crippen LogP contribution is 2.26. The first kappa shape index (κ1) is 20.7. The normalized spacial score (nSPS) is 10.8. The fourth-order valence-corrected chi connectivity index (χ4v) is 3.57. The molecule has 0 unspecified atom stereocenters. The maximum absolute atomic E-state index is 13.2. The summed E-state index contributed by atoms with van der Waals surface area (Å²) < 4.78 is 18.6. The van der Waals surface area contributed by atoms with E-state index in [1.807, 2.05) is 31.2 Å². The molecule has 8 heteroatoms. The van der Waals surface area contributed by atoms with Crippen LogP contribution in [0.1, 0.15) is 11.1 Å². The molecule has 0 atom stereocenters.